The fourth-order valence-corrected chi connectivity index (χ4v) is 3.37. The van der Waals surface area contributed by atoms with Gasteiger partial charge in [-0.2, -0.15) is 0 Å². The molecule has 0 atom stereocenters. The number of nitrogens with one attached hydrogen (secondary N) is 1. The SMILES string of the molecule is CCc1ccccc1NCC(=O)N1CCN(c2ccccc2OC)CC1. The molecule has 0 unspecified atom stereocenters. The minimum atomic E-state index is 0.149. The third kappa shape index (κ3) is 4.10. The van der Waals surface area contributed by atoms with E-state index in [1.165, 1.54) is 5.56 Å². The number of nitrogens with zero attached hydrogens (tertiary/aromatic N) is 2. The van der Waals surface area contributed by atoms with Crippen LogP contribution in [0.25, 0.3) is 0 Å². The second-order valence-electron chi connectivity index (χ2n) is 6.40. The molecule has 1 N–H and O–H groups in total. The zero-order valence-corrected chi connectivity index (χ0v) is 15.6. The van der Waals surface area contributed by atoms with E-state index in [0.29, 0.717) is 6.54 Å². The second-order valence-corrected chi connectivity index (χ2v) is 6.40. The zero-order valence-electron chi connectivity index (χ0n) is 15.6. The van der Waals surface area contributed by atoms with Crippen molar-refractivity contribution in [3.63, 3.8) is 0 Å². The number of amides is 1. The molecule has 1 heterocycles. The first-order chi connectivity index (χ1) is 12.7. The highest BCUT2D eigenvalue weighted by Gasteiger charge is 2.22. The van der Waals surface area contributed by atoms with Crippen LogP contribution in [0.15, 0.2) is 48.5 Å². The molecule has 1 fully saturated rings. The summed E-state index contributed by atoms with van der Waals surface area (Å²) < 4.78 is 5.45. The maximum atomic E-state index is 12.6. The molecule has 26 heavy (non-hydrogen) atoms. The van der Waals surface area contributed by atoms with Gasteiger partial charge in [-0.25, -0.2) is 0 Å². The van der Waals surface area contributed by atoms with Crippen molar-refractivity contribution < 1.29 is 9.53 Å². The first kappa shape index (κ1) is 18.1. The van der Waals surface area contributed by atoms with E-state index in [2.05, 4.69) is 29.3 Å². The van der Waals surface area contributed by atoms with Crippen molar-refractivity contribution in [3.8, 4) is 5.75 Å². The van der Waals surface area contributed by atoms with Gasteiger partial charge in [0.2, 0.25) is 5.91 Å². The topological polar surface area (TPSA) is 44.8 Å². The van der Waals surface area contributed by atoms with Gasteiger partial charge in [0.05, 0.1) is 19.3 Å². The second kappa shape index (κ2) is 8.61. The van der Waals surface area contributed by atoms with E-state index >= 15 is 0 Å². The Bertz CT molecular complexity index is 740. The predicted molar refractivity (Wildman–Crippen MR) is 106 cm³/mol. The molecule has 2 aromatic carbocycles. The smallest absolute Gasteiger partial charge is 0.241 e. The van der Waals surface area contributed by atoms with Crippen LogP contribution in [0.1, 0.15) is 12.5 Å². The highest BCUT2D eigenvalue weighted by atomic mass is 16.5. The largest absolute Gasteiger partial charge is 0.495 e. The summed E-state index contributed by atoms with van der Waals surface area (Å²) in [5.74, 6) is 1.03. The molecule has 138 valence electrons. The van der Waals surface area contributed by atoms with E-state index < -0.39 is 0 Å². The molecule has 5 nitrogen and oxygen atoms in total. The number of para-hydroxylation sites is 3. The summed E-state index contributed by atoms with van der Waals surface area (Å²) in [6, 6.07) is 16.2. The van der Waals surface area contributed by atoms with E-state index in [9.17, 15) is 4.79 Å². The summed E-state index contributed by atoms with van der Waals surface area (Å²) in [6.45, 7) is 5.56. The molecule has 0 spiro atoms. The Balaban J connectivity index is 1.54. The number of aryl methyl sites for hydroxylation is 1. The summed E-state index contributed by atoms with van der Waals surface area (Å²) in [5.41, 5.74) is 3.38. The average molecular weight is 353 g/mol. The van der Waals surface area contributed by atoms with Crippen LogP contribution in [0.5, 0.6) is 5.75 Å². The van der Waals surface area contributed by atoms with E-state index in [1.807, 2.05) is 41.3 Å². The van der Waals surface area contributed by atoms with Crippen molar-refractivity contribution >= 4 is 17.3 Å². The van der Waals surface area contributed by atoms with E-state index in [0.717, 1.165) is 49.7 Å². The first-order valence-electron chi connectivity index (χ1n) is 9.20. The molecule has 1 saturated heterocycles. The quantitative estimate of drug-likeness (QED) is 0.867. The minimum Gasteiger partial charge on any atom is -0.495 e. The fraction of sp³-hybridized carbons (Fsp3) is 0.381. The normalized spacial score (nSPS) is 14.2. The van der Waals surface area contributed by atoms with Crippen molar-refractivity contribution in [1.82, 2.24) is 4.90 Å². The van der Waals surface area contributed by atoms with Gasteiger partial charge in [0.15, 0.2) is 0 Å². The van der Waals surface area contributed by atoms with Crippen LogP contribution in [-0.2, 0) is 11.2 Å². The van der Waals surface area contributed by atoms with Crippen LogP contribution >= 0.6 is 0 Å². The van der Waals surface area contributed by atoms with Gasteiger partial charge in [0, 0.05) is 31.9 Å². The number of carbonyl (C=O) groups excluding carboxylic acids is 1. The van der Waals surface area contributed by atoms with Gasteiger partial charge in [0.1, 0.15) is 5.75 Å². The van der Waals surface area contributed by atoms with E-state index in [1.54, 1.807) is 7.11 Å². The van der Waals surface area contributed by atoms with Crippen LogP contribution in [0.2, 0.25) is 0 Å². The van der Waals surface area contributed by atoms with Gasteiger partial charge in [-0.05, 0) is 30.2 Å². The molecular weight excluding hydrogens is 326 g/mol. The van der Waals surface area contributed by atoms with Gasteiger partial charge < -0.3 is 19.9 Å². The molecule has 2 aromatic rings. The van der Waals surface area contributed by atoms with Crippen LogP contribution in [0.4, 0.5) is 11.4 Å². The number of methoxy groups -OCH3 is 1. The molecule has 1 aliphatic rings. The molecule has 0 saturated carbocycles. The Kier molecular flexibility index (Phi) is 6.00. The Morgan fingerprint density at radius 3 is 2.46 bits per heavy atom. The molecule has 0 bridgehead atoms. The lowest BCUT2D eigenvalue weighted by Crippen LogP contribution is -2.50. The van der Waals surface area contributed by atoms with Crippen LogP contribution in [0.3, 0.4) is 0 Å². The Labute approximate surface area is 155 Å². The molecule has 3 rings (SSSR count). The number of benzene rings is 2. The average Bonchev–Trinajstić information content (AvgIpc) is 2.72. The first-order valence-corrected chi connectivity index (χ1v) is 9.20. The fourth-order valence-electron chi connectivity index (χ4n) is 3.37. The monoisotopic (exact) mass is 353 g/mol. The summed E-state index contributed by atoms with van der Waals surface area (Å²) in [6.07, 6.45) is 0.953. The number of rotatable bonds is 6. The highest BCUT2D eigenvalue weighted by molar-refractivity contribution is 5.81. The maximum Gasteiger partial charge on any atom is 0.241 e. The molecule has 5 heteroatoms. The van der Waals surface area contributed by atoms with Gasteiger partial charge in [-0.15, -0.1) is 0 Å². The standard InChI is InChI=1S/C21H27N3O2/c1-3-17-8-4-5-9-18(17)22-16-21(25)24-14-12-23(13-15-24)19-10-6-7-11-20(19)26-2/h4-11,22H,3,12-16H2,1-2H3. The molecular formula is C21H27N3O2. The van der Waals surface area contributed by atoms with Crippen molar-refractivity contribution in [1.29, 1.82) is 0 Å². The molecule has 0 radical (unpaired) electrons. The van der Waals surface area contributed by atoms with Crippen LogP contribution < -0.4 is 15.0 Å². The summed E-state index contributed by atoms with van der Waals surface area (Å²) >= 11 is 0. The number of ether oxygens (including phenoxy) is 1. The zero-order chi connectivity index (χ0) is 18.4. The number of carbonyl (C=O) groups is 1. The van der Waals surface area contributed by atoms with Crippen molar-refractivity contribution in [3.05, 3.63) is 54.1 Å². The molecule has 1 amide bonds. The van der Waals surface area contributed by atoms with E-state index in [-0.39, 0.29) is 5.91 Å². The number of hydrogen-bond acceptors (Lipinski definition) is 4. The lowest BCUT2D eigenvalue weighted by molar-refractivity contribution is -0.129. The van der Waals surface area contributed by atoms with E-state index in [4.69, 9.17) is 4.74 Å². The maximum absolute atomic E-state index is 12.6. The van der Waals surface area contributed by atoms with Gasteiger partial charge in [-0.1, -0.05) is 37.3 Å². The van der Waals surface area contributed by atoms with Gasteiger partial charge in [0.25, 0.3) is 0 Å². The van der Waals surface area contributed by atoms with Crippen molar-refractivity contribution in [2.75, 3.05) is 50.1 Å². The predicted octanol–water partition coefficient (Wildman–Crippen LogP) is 3.02. The Morgan fingerprint density at radius 2 is 1.73 bits per heavy atom. The molecule has 0 aromatic heterocycles. The molecule has 1 aliphatic heterocycles. The third-order valence-electron chi connectivity index (χ3n) is 4.89. The molecule has 0 aliphatic carbocycles. The highest BCUT2D eigenvalue weighted by Crippen LogP contribution is 2.28. The Hall–Kier alpha value is -2.69. The summed E-state index contributed by atoms with van der Waals surface area (Å²) in [5, 5.41) is 3.30. The van der Waals surface area contributed by atoms with Crippen LogP contribution in [-0.4, -0.2) is 50.6 Å². The number of anilines is 2. The van der Waals surface area contributed by atoms with Gasteiger partial charge in [-0.3, -0.25) is 4.79 Å². The third-order valence-corrected chi connectivity index (χ3v) is 4.89. The van der Waals surface area contributed by atoms with Crippen molar-refractivity contribution in [2.24, 2.45) is 0 Å². The number of hydrogen-bond donors (Lipinski definition) is 1. The number of piperazine rings is 1. The van der Waals surface area contributed by atoms with Crippen LogP contribution in [0, 0.1) is 0 Å². The summed E-state index contributed by atoms with van der Waals surface area (Å²) in [7, 11) is 1.69. The Morgan fingerprint density at radius 1 is 1.04 bits per heavy atom. The van der Waals surface area contributed by atoms with Gasteiger partial charge >= 0.3 is 0 Å². The lowest BCUT2D eigenvalue weighted by Gasteiger charge is -2.36. The summed E-state index contributed by atoms with van der Waals surface area (Å²) in [4.78, 5) is 16.8. The minimum absolute atomic E-state index is 0.149. The van der Waals surface area contributed by atoms with Crippen molar-refractivity contribution in [2.45, 2.75) is 13.3 Å². The lowest BCUT2D eigenvalue weighted by atomic mass is 10.1.